The van der Waals surface area contributed by atoms with Crippen LogP contribution in [0.25, 0.3) is 0 Å². The molecule has 0 aliphatic rings. The Kier molecular flexibility index (Phi) is 3.59. The van der Waals surface area contributed by atoms with Crippen molar-refractivity contribution in [3.63, 3.8) is 0 Å². The normalized spacial score (nSPS) is 11.6. The third kappa shape index (κ3) is 3.33. The van der Waals surface area contributed by atoms with Gasteiger partial charge >= 0.3 is 12.0 Å². The quantitative estimate of drug-likeness (QED) is 0.608. The maximum absolute atomic E-state index is 12.1. The minimum atomic E-state index is -4.95. The Morgan fingerprint density at radius 1 is 1.35 bits per heavy atom. The number of rotatable bonds is 3. The molecule has 17 heavy (non-hydrogen) atoms. The van der Waals surface area contributed by atoms with Crippen LogP contribution in [-0.4, -0.2) is 11.3 Å². The molecule has 7 heteroatoms. The van der Waals surface area contributed by atoms with Crippen molar-refractivity contribution in [3.05, 3.63) is 39.8 Å². The molecule has 0 saturated heterocycles. The first-order valence-electron chi connectivity index (χ1n) is 4.56. The van der Waals surface area contributed by atoms with Crippen LogP contribution >= 0.6 is 0 Å². The topological polar surface area (TPSA) is 52.4 Å². The molecule has 0 aliphatic carbocycles. The number of hydrogen-bond donors (Lipinski definition) is 0. The number of ether oxygens (including phenoxy) is 1. The number of nitro groups is 1. The summed E-state index contributed by atoms with van der Waals surface area (Å²) in [7, 11) is 0. The highest BCUT2D eigenvalue weighted by atomic mass is 19.4. The van der Waals surface area contributed by atoms with Crippen molar-refractivity contribution < 1.29 is 22.8 Å². The summed E-state index contributed by atoms with van der Waals surface area (Å²) in [5.41, 5.74) is -0.554. The molecular weight excluding hydrogens is 239 g/mol. The van der Waals surface area contributed by atoms with Crippen LogP contribution in [0.5, 0.6) is 5.75 Å². The number of nitrogens with zero attached hydrogens (tertiary/aromatic N) is 1. The van der Waals surface area contributed by atoms with Gasteiger partial charge in [0.2, 0.25) is 5.75 Å². The number of hydrogen-bond acceptors (Lipinski definition) is 3. The van der Waals surface area contributed by atoms with E-state index in [1.165, 1.54) is 12.1 Å². The fraction of sp³-hybridized carbons (Fsp3) is 0.300. The molecule has 1 aromatic carbocycles. The summed E-state index contributed by atoms with van der Waals surface area (Å²) >= 11 is 0. The summed E-state index contributed by atoms with van der Waals surface area (Å²) in [5.74, 6) is -0.273. The molecule has 0 aliphatic heterocycles. The van der Waals surface area contributed by atoms with Crippen LogP contribution in [-0.2, 0) is 0 Å². The SMILES string of the molecule is C[C](C)c1cccc(OC(F)(F)F)c1[N+](=O)[O-]. The standard InChI is InChI=1S/C10H9F3NO3/c1-6(2)7-4-3-5-8(9(7)14(15)16)17-10(11,12)13/h3-5H,1-2H3. The third-order valence-corrected chi connectivity index (χ3v) is 1.95. The van der Waals surface area contributed by atoms with Crippen molar-refractivity contribution in [2.24, 2.45) is 0 Å². The van der Waals surface area contributed by atoms with Gasteiger partial charge < -0.3 is 4.74 Å². The molecule has 0 N–H and O–H groups in total. The van der Waals surface area contributed by atoms with Gasteiger partial charge in [-0.15, -0.1) is 13.2 Å². The largest absolute Gasteiger partial charge is 0.573 e. The van der Waals surface area contributed by atoms with Crippen LogP contribution < -0.4 is 4.74 Å². The lowest BCUT2D eigenvalue weighted by molar-refractivity contribution is -0.389. The second-order valence-corrected chi connectivity index (χ2v) is 3.46. The zero-order valence-corrected chi connectivity index (χ0v) is 9.04. The fourth-order valence-corrected chi connectivity index (χ4v) is 1.32. The van der Waals surface area contributed by atoms with Gasteiger partial charge in [0.25, 0.3) is 0 Å². The third-order valence-electron chi connectivity index (χ3n) is 1.95. The van der Waals surface area contributed by atoms with Gasteiger partial charge in [-0.05, 0) is 6.07 Å². The Labute approximate surface area is 95.2 Å². The first-order valence-corrected chi connectivity index (χ1v) is 4.56. The van der Waals surface area contributed by atoms with E-state index in [-0.39, 0.29) is 5.56 Å². The van der Waals surface area contributed by atoms with E-state index in [4.69, 9.17) is 0 Å². The smallest absolute Gasteiger partial charge is 0.398 e. The highest BCUT2D eigenvalue weighted by molar-refractivity contribution is 5.57. The molecule has 0 fully saturated rings. The molecule has 1 radical (unpaired) electrons. The molecule has 0 unspecified atom stereocenters. The van der Waals surface area contributed by atoms with Gasteiger partial charge in [0.15, 0.2) is 0 Å². The molecule has 0 bridgehead atoms. The maximum Gasteiger partial charge on any atom is 0.573 e. The Morgan fingerprint density at radius 3 is 2.35 bits per heavy atom. The lowest BCUT2D eigenvalue weighted by Gasteiger charge is -2.12. The zero-order chi connectivity index (χ0) is 13.2. The summed E-state index contributed by atoms with van der Waals surface area (Å²) < 4.78 is 39.8. The van der Waals surface area contributed by atoms with Gasteiger partial charge in [0, 0.05) is 11.5 Å². The zero-order valence-electron chi connectivity index (χ0n) is 9.04. The van der Waals surface area contributed by atoms with Crippen molar-refractivity contribution in [1.29, 1.82) is 0 Å². The molecule has 0 saturated carbocycles. The monoisotopic (exact) mass is 248 g/mol. The van der Waals surface area contributed by atoms with Gasteiger partial charge in [-0.25, -0.2) is 0 Å². The van der Waals surface area contributed by atoms with Crippen LogP contribution in [0.2, 0.25) is 0 Å². The molecule has 4 nitrogen and oxygen atoms in total. The Morgan fingerprint density at radius 2 is 1.94 bits per heavy atom. The first-order chi connectivity index (χ1) is 7.72. The highest BCUT2D eigenvalue weighted by Crippen LogP contribution is 2.37. The van der Waals surface area contributed by atoms with Crippen molar-refractivity contribution in [3.8, 4) is 5.75 Å². The summed E-state index contributed by atoms with van der Waals surface area (Å²) in [6.07, 6.45) is -4.95. The predicted molar refractivity (Wildman–Crippen MR) is 53.5 cm³/mol. The fourth-order valence-electron chi connectivity index (χ4n) is 1.32. The molecule has 0 heterocycles. The molecule has 0 aromatic heterocycles. The minimum absolute atomic E-state index is 0.122. The summed E-state index contributed by atoms with van der Waals surface area (Å²) in [5, 5.41) is 10.8. The molecule has 93 valence electrons. The van der Waals surface area contributed by atoms with E-state index in [9.17, 15) is 23.3 Å². The summed E-state index contributed by atoms with van der Waals surface area (Å²) in [6.45, 7) is 3.14. The van der Waals surface area contributed by atoms with Crippen LogP contribution in [0.3, 0.4) is 0 Å². The predicted octanol–water partition coefficient (Wildman–Crippen LogP) is 3.46. The first kappa shape index (κ1) is 13.3. The Hall–Kier alpha value is -1.79. The van der Waals surface area contributed by atoms with Gasteiger partial charge in [-0.3, -0.25) is 10.1 Å². The van der Waals surface area contributed by atoms with Gasteiger partial charge in [-0.1, -0.05) is 26.0 Å². The van der Waals surface area contributed by atoms with Crippen LogP contribution in [0.15, 0.2) is 18.2 Å². The number of benzene rings is 1. The second-order valence-electron chi connectivity index (χ2n) is 3.46. The van der Waals surface area contributed by atoms with Crippen molar-refractivity contribution in [2.45, 2.75) is 20.2 Å². The van der Waals surface area contributed by atoms with E-state index in [0.717, 1.165) is 6.07 Å². The molecule has 0 spiro atoms. The van der Waals surface area contributed by atoms with Crippen LogP contribution in [0.1, 0.15) is 19.4 Å². The van der Waals surface area contributed by atoms with E-state index in [0.29, 0.717) is 5.92 Å². The molecule has 1 rings (SSSR count). The number of halogens is 3. The van der Waals surface area contributed by atoms with Crippen LogP contribution in [0, 0.1) is 16.0 Å². The van der Waals surface area contributed by atoms with Gasteiger partial charge in [0.05, 0.1) is 4.92 Å². The molecule has 0 atom stereocenters. The number of nitro benzene ring substituents is 1. The van der Waals surface area contributed by atoms with E-state index >= 15 is 0 Å². The van der Waals surface area contributed by atoms with Crippen LogP contribution in [0.4, 0.5) is 18.9 Å². The maximum atomic E-state index is 12.1. The summed E-state index contributed by atoms with van der Waals surface area (Å²) in [6, 6.07) is 3.56. The lowest BCUT2D eigenvalue weighted by Crippen LogP contribution is -2.18. The van der Waals surface area contributed by atoms with Gasteiger partial charge in [0.1, 0.15) is 0 Å². The summed E-state index contributed by atoms with van der Waals surface area (Å²) in [4.78, 5) is 9.89. The number of para-hydroxylation sites is 1. The van der Waals surface area contributed by atoms with Gasteiger partial charge in [-0.2, -0.15) is 0 Å². The molecule has 0 amide bonds. The molecule has 1 aromatic rings. The van der Waals surface area contributed by atoms with Crippen molar-refractivity contribution in [1.82, 2.24) is 0 Å². The van der Waals surface area contributed by atoms with E-state index in [2.05, 4.69) is 4.74 Å². The lowest BCUT2D eigenvalue weighted by atomic mass is 10.0. The number of alkyl halides is 3. The second kappa shape index (κ2) is 4.60. The highest BCUT2D eigenvalue weighted by Gasteiger charge is 2.35. The Bertz CT molecular complexity index is 429. The Balaban J connectivity index is 3.30. The van der Waals surface area contributed by atoms with E-state index in [1.54, 1.807) is 13.8 Å². The minimum Gasteiger partial charge on any atom is -0.398 e. The molecular formula is C10H9F3NO3. The van der Waals surface area contributed by atoms with E-state index < -0.39 is 22.7 Å². The average molecular weight is 248 g/mol. The van der Waals surface area contributed by atoms with E-state index in [1.807, 2.05) is 0 Å². The average Bonchev–Trinajstić information content (AvgIpc) is 2.14. The van der Waals surface area contributed by atoms with Crippen molar-refractivity contribution >= 4 is 5.69 Å². The van der Waals surface area contributed by atoms with Crippen molar-refractivity contribution in [2.75, 3.05) is 0 Å².